The number of hydrogen-bond acceptors (Lipinski definition) is 3. The molecule has 20 heavy (non-hydrogen) atoms. The molecule has 0 saturated carbocycles. The summed E-state index contributed by atoms with van der Waals surface area (Å²) in [7, 11) is -4.28. The summed E-state index contributed by atoms with van der Waals surface area (Å²) in [6.07, 6.45) is -4.73. The van der Waals surface area contributed by atoms with Crippen LogP contribution in [0.4, 0.5) is 13.2 Å². The number of nitrogens with one attached hydrogen (secondary N) is 1. The minimum Gasteiger partial charge on any atom is -0.329 e. The highest BCUT2D eigenvalue weighted by Gasteiger charge is 2.37. The largest absolute Gasteiger partial charge is 0.417 e. The van der Waals surface area contributed by atoms with E-state index in [1.807, 2.05) is 0 Å². The van der Waals surface area contributed by atoms with Gasteiger partial charge < -0.3 is 5.73 Å². The molecular weight excluding hydrogens is 293 g/mol. The first-order chi connectivity index (χ1) is 9.09. The molecule has 0 amide bonds. The molecule has 1 aromatic rings. The van der Waals surface area contributed by atoms with Crippen molar-refractivity contribution in [3.63, 3.8) is 0 Å². The maximum Gasteiger partial charge on any atom is 0.417 e. The van der Waals surface area contributed by atoms with Crippen molar-refractivity contribution >= 4 is 10.0 Å². The molecule has 0 heterocycles. The van der Waals surface area contributed by atoms with Gasteiger partial charge in [-0.05, 0) is 18.1 Å². The molecule has 1 atom stereocenters. The SMILES string of the molecule is CC(C)C(CN)NS(=O)(=O)c1ccccc1C(F)(F)F. The number of hydrogen-bond donors (Lipinski definition) is 2. The van der Waals surface area contributed by atoms with Gasteiger partial charge in [0.25, 0.3) is 0 Å². The van der Waals surface area contributed by atoms with Crippen molar-refractivity contribution in [2.24, 2.45) is 11.7 Å². The maximum atomic E-state index is 12.8. The van der Waals surface area contributed by atoms with Gasteiger partial charge in [0.05, 0.1) is 10.5 Å². The van der Waals surface area contributed by atoms with Gasteiger partial charge in [0.1, 0.15) is 0 Å². The standard InChI is InChI=1S/C12H17F3N2O2S/c1-8(2)10(7-16)17-20(18,19)11-6-4-3-5-9(11)12(13,14)15/h3-6,8,10,17H,7,16H2,1-2H3. The van der Waals surface area contributed by atoms with E-state index >= 15 is 0 Å². The molecule has 0 aliphatic heterocycles. The third-order valence-corrected chi connectivity index (χ3v) is 4.40. The highest BCUT2D eigenvalue weighted by molar-refractivity contribution is 7.89. The van der Waals surface area contributed by atoms with Crippen molar-refractivity contribution in [1.82, 2.24) is 4.72 Å². The predicted octanol–water partition coefficient (Wildman–Crippen LogP) is 1.97. The molecule has 0 fully saturated rings. The zero-order valence-electron chi connectivity index (χ0n) is 11.1. The molecule has 0 saturated heterocycles. The van der Waals surface area contributed by atoms with Crippen molar-refractivity contribution in [1.29, 1.82) is 0 Å². The lowest BCUT2D eigenvalue weighted by Crippen LogP contribution is -2.44. The molecule has 0 radical (unpaired) electrons. The van der Waals surface area contributed by atoms with Gasteiger partial charge in [-0.1, -0.05) is 26.0 Å². The Morgan fingerprint density at radius 3 is 2.25 bits per heavy atom. The Morgan fingerprint density at radius 2 is 1.80 bits per heavy atom. The van der Waals surface area contributed by atoms with Crippen LogP contribution < -0.4 is 10.5 Å². The van der Waals surface area contributed by atoms with E-state index in [0.717, 1.165) is 18.2 Å². The zero-order chi connectivity index (χ0) is 15.6. The van der Waals surface area contributed by atoms with Gasteiger partial charge in [0.15, 0.2) is 0 Å². The van der Waals surface area contributed by atoms with Crippen LogP contribution in [0.5, 0.6) is 0 Å². The normalized spacial score (nSPS) is 14.6. The number of rotatable bonds is 5. The first-order valence-electron chi connectivity index (χ1n) is 5.98. The first-order valence-corrected chi connectivity index (χ1v) is 7.46. The van der Waals surface area contributed by atoms with Crippen molar-refractivity contribution < 1.29 is 21.6 Å². The molecule has 0 aromatic heterocycles. The van der Waals surface area contributed by atoms with Crippen molar-refractivity contribution in [2.45, 2.75) is 31.0 Å². The summed E-state index contributed by atoms with van der Waals surface area (Å²) in [5.74, 6) is -0.132. The predicted molar refractivity (Wildman–Crippen MR) is 69.4 cm³/mol. The third-order valence-electron chi connectivity index (χ3n) is 2.85. The third kappa shape index (κ3) is 3.94. The molecule has 0 spiro atoms. The van der Waals surface area contributed by atoms with E-state index in [0.29, 0.717) is 0 Å². The van der Waals surface area contributed by atoms with E-state index < -0.39 is 32.7 Å². The minimum atomic E-state index is -4.73. The summed E-state index contributed by atoms with van der Waals surface area (Å²) in [6.45, 7) is 3.47. The summed E-state index contributed by atoms with van der Waals surface area (Å²) in [5, 5.41) is 0. The number of sulfonamides is 1. The summed E-state index contributed by atoms with van der Waals surface area (Å²) < 4.78 is 65.0. The number of alkyl halides is 3. The Morgan fingerprint density at radius 1 is 1.25 bits per heavy atom. The highest BCUT2D eigenvalue weighted by Crippen LogP contribution is 2.33. The molecule has 1 rings (SSSR count). The number of halogens is 3. The van der Waals surface area contributed by atoms with E-state index in [1.165, 1.54) is 6.07 Å². The Balaban J connectivity index is 3.23. The molecular formula is C12H17F3N2O2S. The van der Waals surface area contributed by atoms with Crippen molar-refractivity contribution in [3.8, 4) is 0 Å². The van der Waals surface area contributed by atoms with Crippen LogP contribution in [-0.4, -0.2) is 21.0 Å². The van der Waals surface area contributed by atoms with Crippen LogP contribution in [0.1, 0.15) is 19.4 Å². The fourth-order valence-corrected chi connectivity index (χ4v) is 3.28. The summed E-state index contributed by atoms with van der Waals surface area (Å²) in [6, 6.07) is 3.43. The van der Waals surface area contributed by atoms with E-state index in [9.17, 15) is 21.6 Å². The van der Waals surface area contributed by atoms with Gasteiger partial charge in [-0.3, -0.25) is 0 Å². The van der Waals surface area contributed by atoms with E-state index in [-0.39, 0.29) is 12.5 Å². The van der Waals surface area contributed by atoms with Gasteiger partial charge in [-0.2, -0.15) is 13.2 Å². The molecule has 4 nitrogen and oxygen atoms in total. The van der Waals surface area contributed by atoms with Crippen LogP contribution in [0.15, 0.2) is 29.2 Å². The van der Waals surface area contributed by atoms with E-state index in [2.05, 4.69) is 4.72 Å². The van der Waals surface area contributed by atoms with Crippen molar-refractivity contribution in [3.05, 3.63) is 29.8 Å². The van der Waals surface area contributed by atoms with Crippen LogP contribution in [0.3, 0.4) is 0 Å². The molecule has 1 aromatic carbocycles. The van der Waals surface area contributed by atoms with Gasteiger partial charge in [0, 0.05) is 12.6 Å². The molecule has 114 valence electrons. The summed E-state index contributed by atoms with van der Waals surface area (Å²) in [5.41, 5.74) is 4.25. The Bertz CT molecular complexity index is 556. The molecule has 0 bridgehead atoms. The number of nitrogens with two attached hydrogens (primary N) is 1. The lowest BCUT2D eigenvalue weighted by molar-refractivity contribution is -0.139. The quantitative estimate of drug-likeness (QED) is 0.873. The lowest BCUT2D eigenvalue weighted by atomic mass is 10.1. The summed E-state index contributed by atoms with van der Waals surface area (Å²) >= 11 is 0. The van der Waals surface area contributed by atoms with Gasteiger partial charge >= 0.3 is 6.18 Å². The lowest BCUT2D eigenvalue weighted by Gasteiger charge is -2.21. The van der Waals surface area contributed by atoms with Crippen molar-refractivity contribution in [2.75, 3.05) is 6.54 Å². The average Bonchev–Trinajstić information content (AvgIpc) is 2.34. The molecule has 0 aliphatic carbocycles. The van der Waals surface area contributed by atoms with Crippen LogP contribution in [0.25, 0.3) is 0 Å². The van der Waals surface area contributed by atoms with Gasteiger partial charge in [-0.15, -0.1) is 0 Å². The fourth-order valence-electron chi connectivity index (χ4n) is 1.65. The topological polar surface area (TPSA) is 72.2 Å². The second-order valence-corrected chi connectivity index (χ2v) is 6.38. The molecule has 0 aliphatic rings. The van der Waals surface area contributed by atoms with E-state index in [4.69, 9.17) is 5.73 Å². The highest BCUT2D eigenvalue weighted by atomic mass is 32.2. The zero-order valence-corrected chi connectivity index (χ0v) is 11.9. The minimum absolute atomic E-state index is 0.00504. The maximum absolute atomic E-state index is 12.8. The molecule has 1 unspecified atom stereocenters. The fraction of sp³-hybridized carbons (Fsp3) is 0.500. The Hall–Kier alpha value is -1.12. The molecule has 3 N–H and O–H groups in total. The Kier molecular flexibility index (Phi) is 5.17. The van der Waals surface area contributed by atoms with E-state index in [1.54, 1.807) is 13.8 Å². The first kappa shape index (κ1) is 16.9. The van der Waals surface area contributed by atoms with Crippen LogP contribution >= 0.6 is 0 Å². The monoisotopic (exact) mass is 310 g/mol. The molecule has 8 heteroatoms. The van der Waals surface area contributed by atoms with Crippen LogP contribution in [0, 0.1) is 5.92 Å². The van der Waals surface area contributed by atoms with Crippen LogP contribution in [-0.2, 0) is 16.2 Å². The second kappa shape index (κ2) is 6.11. The Labute approximate surface area is 116 Å². The summed E-state index contributed by atoms with van der Waals surface area (Å²) in [4.78, 5) is -0.786. The average molecular weight is 310 g/mol. The van der Waals surface area contributed by atoms with Gasteiger partial charge in [0.2, 0.25) is 10.0 Å². The second-order valence-electron chi connectivity index (χ2n) is 4.70. The number of benzene rings is 1. The van der Waals surface area contributed by atoms with Crippen LogP contribution in [0.2, 0.25) is 0 Å². The smallest absolute Gasteiger partial charge is 0.329 e. The van der Waals surface area contributed by atoms with Gasteiger partial charge in [-0.25, -0.2) is 13.1 Å².